The van der Waals surface area contributed by atoms with Gasteiger partial charge in [-0.1, -0.05) is 45.7 Å². The van der Waals surface area contributed by atoms with Crippen LogP contribution in [0.1, 0.15) is 5.56 Å². The molecule has 0 aliphatic rings. The molecule has 0 saturated heterocycles. The van der Waals surface area contributed by atoms with Crippen molar-refractivity contribution in [2.45, 2.75) is 6.54 Å². The second kappa shape index (κ2) is 7.72. The minimum absolute atomic E-state index is 0.0896. The molecular formula is C16H15BrClFN2O. The van der Waals surface area contributed by atoms with Crippen molar-refractivity contribution in [3.05, 3.63) is 63.3 Å². The predicted octanol–water partition coefficient (Wildman–Crippen LogP) is 4.31. The Morgan fingerprint density at radius 3 is 2.77 bits per heavy atom. The van der Waals surface area contributed by atoms with E-state index in [0.717, 1.165) is 10.0 Å². The maximum Gasteiger partial charge on any atom is 0.238 e. The number of carbonyl (C=O) groups is 1. The zero-order valence-electron chi connectivity index (χ0n) is 11.9. The molecule has 0 aliphatic carbocycles. The SMILES string of the molecule is CN(CC(=O)Nc1cc(Cl)ccc1F)Cc1ccccc1Br. The van der Waals surface area contributed by atoms with Crippen LogP contribution in [0.2, 0.25) is 5.02 Å². The Balaban J connectivity index is 1.94. The summed E-state index contributed by atoms with van der Waals surface area (Å²) in [5.74, 6) is -0.804. The van der Waals surface area contributed by atoms with E-state index in [1.165, 1.54) is 18.2 Å². The van der Waals surface area contributed by atoms with E-state index in [4.69, 9.17) is 11.6 Å². The van der Waals surface area contributed by atoms with Gasteiger partial charge >= 0.3 is 0 Å². The third-order valence-corrected chi connectivity index (χ3v) is 4.02. The number of rotatable bonds is 5. The first-order valence-corrected chi connectivity index (χ1v) is 7.79. The van der Waals surface area contributed by atoms with Gasteiger partial charge in [0.2, 0.25) is 5.91 Å². The van der Waals surface area contributed by atoms with Crippen LogP contribution in [0.15, 0.2) is 46.9 Å². The molecule has 116 valence electrons. The Hall–Kier alpha value is -1.43. The van der Waals surface area contributed by atoms with Gasteiger partial charge in [-0.05, 0) is 36.9 Å². The summed E-state index contributed by atoms with van der Waals surface area (Å²) < 4.78 is 14.6. The third-order valence-electron chi connectivity index (χ3n) is 3.01. The van der Waals surface area contributed by atoms with E-state index in [-0.39, 0.29) is 18.1 Å². The molecule has 22 heavy (non-hydrogen) atoms. The lowest BCUT2D eigenvalue weighted by Crippen LogP contribution is -2.30. The highest BCUT2D eigenvalue weighted by Crippen LogP contribution is 2.20. The normalized spacial score (nSPS) is 10.8. The van der Waals surface area contributed by atoms with Crippen molar-refractivity contribution in [3.8, 4) is 0 Å². The molecule has 3 nitrogen and oxygen atoms in total. The summed E-state index contributed by atoms with van der Waals surface area (Å²) in [6.07, 6.45) is 0. The molecule has 0 atom stereocenters. The molecule has 2 rings (SSSR count). The molecule has 2 aromatic carbocycles. The maximum absolute atomic E-state index is 13.6. The summed E-state index contributed by atoms with van der Waals surface area (Å²) in [7, 11) is 1.83. The van der Waals surface area contributed by atoms with Gasteiger partial charge in [-0.15, -0.1) is 0 Å². The Morgan fingerprint density at radius 1 is 1.32 bits per heavy atom. The van der Waals surface area contributed by atoms with Gasteiger partial charge in [-0.3, -0.25) is 9.69 Å². The van der Waals surface area contributed by atoms with E-state index < -0.39 is 5.82 Å². The van der Waals surface area contributed by atoms with E-state index in [1.807, 2.05) is 36.2 Å². The van der Waals surface area contributed by atoms with Crippen LogP contribution in [0.5, 0.6) is 0 Å². The monoisotopic (exact) mass is 384 g/mol. The molecule has 0 aliphatic heterocycles. The lowest BCUT2D eigenvalue weighted by atomic mass is 10.2. The number of hydrogen-bond acceptors (Lipinski definition) is 2. The molecule has 0 fully saturated rings. The smallest absolute Gasteiger partial charge is 0.238 e. The number of likely N-dealkylation sites (N-methyl/N-ethyl adjacent to an activating group) is 1. The Labute approximate surface area is 142 Å². The number of nitrogens with zero attached hydrogens (tertiary/aromatic N) is 1. The Morgan fingerprint density at radius 2 is 2.05 bits per heavy atom. The summed E-state index contributed by atoms with van der Waals surface area (Å²) in [5, 5.41) is 2.90. The van der Waals surface area contributed by atoms with Crippen LogP contribution < -0.4 is 5.32 Å². The van der Waals surface area contributed by atoms with Crippen molar-refractivity contribution in [2.24, 2.45) is 0 Å². The van der Waals surface area contributed by atoms with Crippen molar-refractivity contribution >= 4 is 39.1 Å². The van der Waals surface area contributed by atoms with Crippen molar-refractivity contribution in [2.75, 3.05) is 18.9 Å². The summed E-state index contributed by atoms with van der Waals surface area (Å²) in [5.41, 5.74) is 1.17. The molecule has 0 heterocycles. The van der Waals surface area contributed by atoms with Crippen LogP contribution in [-0.2, 0) is 11.3 Å². The number of anilines is 1. The first-order valence-electron chi connectivity index (χ1n) is 6.62. The van der Waals surface area contributed by atoms with E-state index in [9.17, 15) is 9.18 Å². The largest absolute Gasteiger partial charge is 0.322 e. The van der Waals surface area contributed by atoms with E-state index in [1.54, 1.807) is 0 Å². The fourth-order valence-electron chi connectivity index (χ4n) is 2.00. The zero-order valence-corrected chi connectivity index (χ0v) is 14.3. The summed E-state index contributed by atoms with van der Waals surface area (Å²) >= 11 is 9.27. The maximum atomic E-state index is 13.6. The van der Waals surface area contributed by atoms with Gasteiger partial charge in [0.15, 0.2) is 0 Å². The Kier molecular flexibility index (Phi) is 5.94. The van der Waals surface area contributed by atoms with Crippen molar-refractivity contribution < 1.29 is 9.18 Å². The van der Waals surface area contributed by atoms with Crippen LogP contribution in [0.3, 0.4) is 0 Å². The van der Waals surface area contributed by atoms with Crippen LogP contribution in [0.4, 0.5) is 10.1 Å². The van der Waals surface area contributed by atoms with Gasteiger partial charge in [-0.2, -0.15) is 0 Å². The van der Waals surface area contributed by atoms with Crippen LogP contribution in [0, 0.1) is 5.82 Å². The summed E-state index contributed by atoms with van der Waals surface area (Å²) in [4.78, 5) is 13.8. The molecule has 0 radical (unpaired) electrons. The fourth-order valence-corrected chi connectivity index (χ4v) is 2.58. The lowest BCUT2D eigenvalue weighted by Gasteiger charge is -2.17. The quantitative estimate of drug-likeness (QED) is 0.832. The average molecular weight is 386 g/mol. The summed E-state index contributed by atoms with van der Waals surface area (Å²) in [6, 6.07) is 11.9. The van der Waals surface area contributed by atoms with Gasteiger partial charge in [0.25, 0.3) is 0 Å². The highest BCUT2D eigenvalue weighted by Gasteiger charge is 2.11. The molecule has 2 aromatic rings. The van der Waals surface area contributed by atoms with Crippen molar-refractivity contribution in [1.82, 2.24) is 4.90 Å². The highest BCUT2D eigenvalue weighted by atomic mass is 79.9. The second-order valence-electron chi connectivity index (χ2n) is 4.94. The topological polar surface area (TPSA) is 32.3 Å². The molecule has 1 amide bonds. The number of hydrogen-bond donors (Lipinski definition) is 1. The van der Waals surface area contributed by atoms with E-state index in [2.05, 4.69) is 21.2 Å². The molecule has 0 bridgehead atoms. The number of nitrogens with one attached hydrogen (secondary N) is 1. The van der Waals surface area contributed by atoms with Gasteiger partial charge in [0, 0.05) is 16.0 Å². The molecule has 0 saturated carbocycles. The van der Waals surface area contributed by atoms with Crippen molar-refractivity contribution in [3.63, 3.8) is 0 Å². The molecule has 1 N–H and O–H groups in total. The summed E-state index contributed by atoms with van der Waals surface area (Å²) in [6.45, 7) is 0.750. The number of carbonyl (C=O) groups excluding carboxylic acids is 1. The minimum Gasteiger partial charge on any atom is -0.322 e. The van der Waals surface area contributed by atoms with Gasteiger partial charge in [0.1, 0.15) is 5.82 Å². The molecule has 0 spiro atoms. The van der Waals surface area contributed by atoms with Crippen LogP contribution >= 0.6 is 27.5 Å². The zero-order chi connectivity index (χ0) is 16.1. The third kappa shape index (κ3) is 4.80. The van der Waals surface area contributed by atoms with E-state index >= 15 is 0 Å². The van der Waals surface area contributed by atoms with Crippen LogP contribution in [0.25, 0.3) is 0 Å². The van der Waals surface area contributed by atoms with Gasteiger partial charge < -0.3 is 5.32 Å². The molecule has 6 heteroatoms. The minimum atomic E-state index is -0.508. The number of halogens is 3. The number of benzene rings is 2. The average Bonchev–Trinajstić information content (AvgIpc) is 2.45. The molecule has 0 unspecified atom stereocenters. The lowest BCUT2D eigenvalue weighted by molar-refractivity contribution is -0.117. The fraction of sp³-hybridized carbons (Fsp3) is 0.188. The predicted molar refractivity (Wildman–Crippen MR) is 90.5 cm³/mol. The standard InChI is InChI=1S/C16H15BrClFN2O/c1-21(9-11-4-2-3-5-13(11)17)10-16(22)20-15-8-12(18)6-7-14(15)19/h2-8H,9-10H2,1H3,(H,20,22). The first-order chi connectivity index (χ1) is 10.5. The Bertz CT molecular complexity index is 681. The number of amides is 1. The van der Waals surface area contributed by atoms with E-state index in [0.29, 0.717) is 11.6 Å². The van der Waals surface area contributed by atoms with Crippen molar-refractivity contribution in [1.29, 1.82) is 0 Å². The van der Waals surface area contributed by atoms with Gasteiger partial charge in [0.05, 0.1) is 12.2 Å². The molecule has 0 aromatic heterocycles. The molecular weight excluding hydrogens is 371 g/mol. The van der Waals surface area contributed by atoms with Gasteiger partial charge in [-0.25, -0.2) is 4.39 Å². The first kappa shape index (κ1) is 16.9. The van der Waals surface area contributed by atoms with Crippen LogP contribution in [-0.4, -0.2) is 24.4 Å². The highest BCUT2D eigenvalue weighted by molar-refractivity contribution is 9.10. The second-order valence-corrected chi connectivity index (χ2v) is 6.23.